The van der Waals surface area contributed by atoms with Crippen LogP contribution in [-0.4, -0.2) is 15.0 Å². The minimum Gasteiger partial charge on any atom is -0.368 e. The Bertz CT molecular complexity index is 374. The lowest BCUT2D eigenvalue weighted by Gasteiger charge is -2.03. The molecule has 1 heterocycles. The molecule has 0 aliphatic heterocycles. The number of aromatic nitrogens is 3. The van der Waals surface area contributed by atoms with Crippen molar-refractivity contribution in [2.45, 2.75) is 90.4 Å². The molecule has 1 aromatic rings. The van der Waals surface area contributed by atoms with Crippen LogP contribution in [0.5, 0.6) is 0 Å². The van der Waals surface area contributed by atoms with Crippen LogP contribution in [0.1, 0.15) is 89.8 Å². The maximum atomic E-state index is 5.55. The van der Waals surface area contributed by atoms with Crippen molar-refractivity contribution >= 4 is 11.9 Å². The smallest absolute Gasteiger partial charge is 0.225 e. The Morgan fingerprint density at radius 3 is 1.45 bits per heavy atom. The van der Waals surface area contributed by atoms with E-state index >= 15 is 0 Å². The summed E-state index contributed by atoms with van der Waals surface area (Å²) in [6.45, 7) is 2.27. The third-order valence-corrected chi connectivity index (χ3v) is 3.97. The van der Waals surface area contributed by atoms with Gasteiger partial charge >= 0.3 is 0 Å². The minimum absolute atomic E-state index is 0.224. The Balaban J connectivity index is 1.89. The second kappa shape index (κ2) is 12.2. The Hall–Kier alpha value is -1.39. The van der Waals surface area contributed by atoms with E-state index in [2.05, 4.69) is 21.9 Å². The molecule has 0 spiro atoms. The summed E-state index contributed by atoms with van der Waals surface area (Å²) in [7, 11) is 0. The third-order valence-electron chi connectivity index (χ3n) is 3.97. The van der Waals surface area contributed by atoms with Gasteiger partial charge in [-0.3, -0.25) is 0 Å². The average molecular weight is 307 g/mol. The van der Waals surface area contributed by atoms with Crippen LogP contribution in [0.4, 0.5) is 11.9 Å². The van der Waals surface area contributed by atoms with E-state index in [9.17, 15) is 0 Å². The zero-order valence-corrected chi connectivity index (χ0v) is 14.2. The van der Waals surface area contributed by atoms with Gasteiger partial charge in [0, 0.05) is 6.42 Å². The molecule has 126 valence electrons. The van der Waals surface area contributed by atoms with Crippen molar-refractivity contribution < 1.29 is 0 Å². The summed E-state index contributed by atoms with van der Waals surface area (Å²) in [5.41, 5.74) is 11.1. The van der Waals surface area contributed by atoms with Crippen molar-refractivity contribution in [3.8, 4) is 0 Å². The number of hydrogen-bond donors (Lipinski definition) is 2. The van der Waals surface area contributed by atoms with Crippen molar-refractivity contribution in [1.82, 2.24) is 15.0 Å². The van der Waals surface area contributed by atoms with Gasteiger partial charge in [-0.15, -0.1) is 0 Å². The lowest BCUT2D eigenvalue weighted by Crippen LogP contribution is -2.06. The van der Waals surface area contributed by atoms with Gasteiger partial charge in [0.1, 0.15) is 5.82 Å². The Kier molecular flexibility index (Phi) is 10.3. The van der Waals surface area contributed by atoms with E-state index in [4.69, 9.17) is 11.5 Å². The Morgan fingerprint density at radius 1 is 0.591 bits per heavy atom. The van der Waals surface area contributed by atoms with E-state index < -0.39 is 0 Å². The van der Waals surface area contributed by atoms with Gasteiger partial charge in [0.15, 0.2) is 0 Å². The maximum absolute atomic E-state index is 5.55. The predicted molar refractivity (Wildman–Crippen MR) is 93.4 cm³/mol. The summed E-state index contributed by atoms with van der Waals surface area (Å²) in [4.78, 5) is 12.0. The minimum atomic E-state index is 0.224. The summed E-state index contributed by atoms with van der Waals surface area (Å²) in [5.74, 6) is 1.17. The molecule has 0 aliphatic carbocycles. The molecule has 5 heteroatoms. The van der Waals surface area contributed by atoms with Gasteiger partial charge in [0.2, 0.25) is 11.9 Å². The summed E-state index contributed by atoms with van der Waals surface area (Å²) in [5, 5.41) is 0. The monoisotopic (exact) mass is 307 g/mol. The molecular weight excluding hydrogens is 274 g/mol. The van der Waals surface area contributed by atoms with Crippen LogP contribution in [0.25, 0.3) is 0 Å². The van der Waals surface area contributed by atoms with Gasteiger partial charge in [-0.05, 0) is 6.42 Å². The number of aryl methyl sites for hydroxylation is 1. The van der Waals surface area contributed by atoms with E-state index in [1.165, 1.54) is 70.6 Å². The standard InChI is InChI=1S/C17H33N5/c1-2-3-4-5-6-7-8-9-10-11-12-13-14-15-20-16(18)22-17(19)21-15/h2-14H2,1H3,(H4,18,19,20,21,22). The van der Waals surface area contributed by atoms with Crippen LogP contribution in [-0.2, 0) is 6.42 Å². The van der Waals surface area contributed by atoms with Crippen molar-refractivity contribution in [2.24, 2.45) is 0 Å². The molecule has 0 aromatic carbocycles. The normalized spacial score (nSPS) is 11.0. The SMILES string of the molecule is CCCCCCCCCCCCCCc1nc(N)nc(N)n1. The van der Waals surface area contributed by atoms with Crippen LogP contribution in [0.2, 0.25) is 0 Å². The van der Waals surface area contributed by atoms with Crippen LogP contribution in [0.3, 0.4) is 0 Å². The lowest BCUT2D eigenvalue weighted by atomic mass is 10.0. The first kappa shape index (κ1) is 18.7. The van der Waals surface area contributed by atoms with Crippen LogP contribution in [0, 0.1) is 0 Å². The molecule has 0 atom stereocenters. The Labute approximate surface area is 135 Å². The van der Waals surface area contributed by atoms with Gasteiger partial charge in [-0.2, -0.15) is 15.0 Å². The first-order valence-electron chi connectivity index (χ1n) is 8.98. The predicted octanol–water partition coefficient (Wildman–Crippen LogP) is 4.28. The van der Waals surface area contributed by atoms with Crippen LogP contribution >= 0.6 is 0 Å². The van der Waals surface area contributed by atoms with Crippen molar-refractivity contribution in [3.05, 3.63) is 5.82 Å². The van der Waals surface area contributed by atoms with E-state index in [0.717, 1.165) is 18.7 Å². The lowest BCUT2D eigenvalue weighted by molar-refractivity contribution is 0.542. The van der Waals surface area contributed by atoms with Crippen LogP contribution < -0.4 is 11.5 Å². The zero-order chi connectivity index (χ0) is 16.0. The summed E-state index contributed by atoms with van der Waals surface area (Å²) in [6.07, 6.45) is 17.0. The maximum Gasteiger partial charge on any atom is 0.225 e. The molecule has 0 bridgehead atoms. The number of nitrogens with two attached hydrogens (primary N) is 2. The summed E-state index contributed by atoms with van der Waals surface area (Å²) >= 11 is 0. The number of unbranched alkanes of at least 4 members (excludes halogenated alkanes) is 11. The highest BCUT2D eigenvalue weighted by Gasteiger charge is 2.01. The highest BCUT2D eigenvalue weighted by atomic mass is 15.1. The molecule has 4 N–H and O–H groups in total. The van der Waals surface area contributed by atoms with Crippen molar-refractivity contribution in [3.63, 3.8) is 0 Å². The summed E-state index contributed by atoms with van der Waals surface area (Å²) in [6, 6.07) is 0. The van der Waals surface area contributed by atoms with E-state index in [1.54, 1.807) is 0 Å². The average Bonchev–Trinajstić information content (AvgIpc) is 2.47. The van der Waals surface area contributed by atoms with Gasteiger partial charge in [-0.1, -0.05) is 77.6 Å². The third kappa shape index (κ3) is 9.53. The van der Waals surface area contributed by atoms with E-state index in [1.807, 2.05) is 0 Å². The fourth-order valence-electron chi connectivity index (χ4n) is 2.69. The fraction of sp³-hybridized carbons (Fsp3) is 0.824. The van der Waals surface area contributed by atoms with E-state index in [-0.39, 0.29) is 11.9 Å². The number of hydrogen-bond acceptors (Lipinski definition) is 5. The molecular formula is C17H33N5. The van der Waals surface area contributed by atoms with E-state index in [0.29, 0.717) is 0 Å². The highest BCUT2D eigenvalue weighted by molar-refractivity contribution is 5.25. The van der Waals surface area contributed by atoms with Crippen LogP contribution in [0.15, 0.2) is 0 Å². The second-order valence-electron chi connectivity index (χ2n) is 6.11. The molecule has 0 fully saturated rings. The van der Waals surface area contributed by atoms with Crippen molar-refractivity contribution in [1.29, 1.82) is 0 Å². The quantitative estimate of drug-likeness (QED) is 0.531. The highest BCUT2D eigenvalue weighted by Crippen LogP contribution is 2.12. The van der Waals surface area contributed by atoms with Gasteiger partial charge < -0.3 is 11.5 Å². The zero-order valence-electron chi connectivity index (χ0n) is 14.2. The second-order valence-corrected chi connectivity index (χ2v) is 6.11. The first-order chi connectivity index (χ1) is 10.7. The number of anilines is 2. The Morgan fingerprint density at radius 2 is 1.00 bits per heavy atom. The fourth-order valence-corrected chi connectivity index (χ4v) is 2.69. The van der Waals surface area contributed by atoms with Gasteiger partial charge in [0.25, 0.3) is 0 Å². The molecule has 5 nitrogen and oxygen atoms in total. The molecule has 1 aromatic heterocycles. The largest absolute Gasteiger partial charge is 0.368 e. The van der Waals surface area contributed by atoms with Crippen molar-refractivity contribution in [2.75, 3.05) is 11.5 Å². The number of nitrogens with zero attached hydrogens (tertiary/aromatic N) is 3. The van der Waals surface area contributed by atoms with Gasteiger partial charge in [0.05, 0.1) is 0 Å². The molecule has 0 amide bonds. The van der Waals surface area contributed by atoms with Gasteiger partial charge in [-0.25, -0.2) is 0 Å². The number of nitrogen functional groups attached to an aromatic ring is 2. The summed E-state index contributed by atoms with van der Waals surface area (Å²) < 4.78 is 0. The molecule has 1 rings (SSSR count). The molecule has 0 aliphatic rings. The topological polar surface area (TPSA) is 90.7 Å². The molecule has 22 heavy (non-hydrogen) atoms. The molecule has 0 saturated heterocycles. The molecule has 0 unspecified atom stereocenters. The molecule has 0 radical (unpaired) electrons. The molecule has 0 saturated carbocycles. The first-order valence-corrected chi connectivity index (χ1v) is 8.98. The number of rotatable bonds is 13.